The van der Waals surface area contributed by atoms with E-state index in [0.29, 0.717) is 31.9 Å². The lowest BCUT2D eigenvalue weighted by Crippen LogP contribution is -2.67. The van der Waals surface area contributed by atoms with Crippen molar-refractivity contribution >= 4 is 23.4 Å². The van der Waals surface area contributed by atoms with Crippen LogP contribution in [0, 0.1) is 0 Å². The number of anilines is 1. The van der Waals surface area contributed by atoms with Gasteiger partial charge in [0, 0.05) is 51.5 Å². The van der Waals surface area contributed by atoms with Gasteiger partial charge in [0.05, 0.1) is 7.11 Å². The Kier molecular flexibility index (Phi) is 7.61. The summed E-state index contributed by atoms with van der Waals surface area (Å²) in [6.07, 6.45) is 0. The lowest BCUT2D eigenvalue weighted by Gasteiger charge is -2.48. The number of fused-ring (bicyclic) bond motifs is 1. The van der Waals surface area contributed by atoms with Crippen molar-refractivity contribution in [1.29, 1.82) is 0 Å². The molecule has 6 rings (SSSR count). The van der Waals surface area contributed by atoms with Gasteiger partial charge in [-0.1, -0.05) is 60.7 Å². The lowest BCUT2D eigenvalue weighted by atomic mass is 9.96. The van der Waals surface area contributed by atoms with Crippen LogP contribution in [0.5, 0.6) is 5.75 Å². The van der Waals surface area contributed by atoms with Crippen LogP contribution in [0.4, 0.5) is 5.69 Å². The van der Waals surface area contributed by atoms with Crippen molar-refractivity contribution in [3.63, 3.8) is 0 Å². The van der Waals surface area contributed by atoms with Gasteiger partial charge in [-0.15, -0.1) is 0 Å². The van der Waals surface area contributed by atoms with Gasteiger partial charge in [0.2, 0.25) is 11.8 Å². The SMILES string of the molecule is COc1ccc(C(C(=O)N2CCN(c3ccccc3)CC2)N2CCN3C(=O)C(c4ccccc4)NC(=O)[C@H]3C2)cc1. The summed E-state index contributed by atoms with van der Waals surface area (Å²) in [7, 11) is 1.62. The van der Waals surface area contributed by atoms with Gasteiger partial charge in [-0.05, 0) is 35.4 Å². The average Bonchev–Trinajstić information content (AvgIpc) is 3.04. The molecular weight excluding hydrogens is 518 g/mol. The molecule has 3 aliphatic rings. The van der Waals surface area contributed by atoms with E-state index >= 15 is 0 Å². The van der Waals surface area contributed by atoms with Crippen LogP contribution in [0.1, 0.15) is 23.2 Å². The first-order valence-electron chi connectivity index (χ1n) is 14.2. The van der Waals surface area contributed by atoms with Gasteiger partial charge in [-0.25, -0.2) is 0 Å². The molecule has 3 heterocycles. The molecule has 3 fully saturated rings. The van der Waals surface area contributed by atoms with Gasteiger partial charge >= 0.3 is 0 Å². The number of piperazine rings is 3. The summed E-state index contributed by atoms with van der Waals surface area (Å²) in [5.41, 5.74) is 2.77. The molecule has 0 bridgehead atoms. The zero-order valence-corrected chi connectivity index (χ0v) is 23.2. The Morgan fingerprint density at radius 1 is 0.829 bits per heavy atom. The number of hydrogen-bond donors (Lipinski definition) is 1. The molecule has 2 unspecified atom stereocenters. The van der Waals surface area contributed by atoms with Gasteiger partial charge in [0.1, 0.15) is 23.9 Å². The van der Waals surface area contributed by atoms with E-state index < -0.39 is 18.1 Å². The fourth-order valence-corrected chi connectivity index (χ4v) is 6.16. The lowest BCUT2D eigenvalue weighted by molar-refractivity contribution is -0.155. The number of para-hydroxylation sites is 1. The van der Waals surface area contributed by atoms with Crippen molar-refractivity contribution in [1.82, 2.24) is 20.0 Å². The van der Waals surface area contributed by atoms with E-state index in [-0.39, 0.29) is 24.3 Å². The minimum Gasteiger partial charge on any atom is -0.497 e. The summed E-state index contributed by atoms with van der Waals surface area (Å²) >= 11 is 0. The summed E-state index contributed by atoms with van der Waals surface area (Å²) in [6.45, 7) is 3.87. The first-order chi connectivity index (χ1) is 20.0. The normalized spacial score (nSPS) is 22.1. The number of benzene rings is 3. The summed E-state index contributed by atoms with van der Waals surface area (Å²) in [5.74, 6) is 0.428. The van der Waals surface area contributed by atoms with E-state index in [1.54, 1.807) is 12.0 Å². The van der Waals surface area contributed by atoms with Crippen LogP contribution in [-0.4, -0.2) is 91.4 Å². The number of nitrogens with zero attached hydrogens (tertiary/aromatic N) is 4. The van der Waals surface area contributed by atoms with Gasteiger partial charge in [0.15, 0.2) is 0 Å². The minimum atomic E-state index is -0.688. The molecule has 9 nitrogen and oxygen atoms in total. The molecular formula is C32H35N5O4. The summed E-state index contributed by atoms with van der Waals surface area (Å²) < 4.78 is 5.36. The average molecular weight is 554 g/mol. The zero-order valence-electron chi connectivity index (χ0n) is 23.2. The molecule has 3 aromatic carbocycles. The molecule has 0 aromatic heterocycles. The second kappa shape index (κ2) is 11.6. The quantitative estimate of drug-likeness (QED) is 0.505. The van der Waals surface area contributed by atoms with Crippen molar-refractivity contribution in [2.24, 2.45) is 0 Å². The minimum absolute atomic E-state index is 0.0148. The highest BCUT2D eigenvalue weighted by Gasteiger charge is 2.46. The van der Waals surface area contributed by atoms with Crippen molar-refractivity contribution in [3.05, 3.63) is 96.1 Å². The Bertz CT molecular complexity index is 1380. The van der Waals surface area contributed by atoms with E-state index in [4.69, 9.17) is 4.74 Å². The predicted molar refractivity (Wildman–Crippen MR) is 155 cm³/mol. The Hall–Kier alpha value is -4.37. The van der Waals surface area contributed by atoms with Crippen LogP contribution >= 0.6 is 0 Å². The maximum atomic E-state index is 14.2. The van der Waals surface area contributed by atoms with E-state index in [9.17, 15) is 14.4 Å². The van der Waals surface area contributed by atoms with Gasteiger partial charge in [-0.2, -0.15) is 0 Å². The fraction of sp³-hybridized carbons (Fsp3) is 0.344. The predicted octanol–water partition coefficient (Wildman–Crippen LogP) is 2.47. The molecule has 9 heteroatoms. The molecule has 0 spiro atoms. The molecule has 0 radical (unpaired) electrons. The Morgan fingerprint density at radius 2 is 1.49 bits per heavy atom. The highest BCUT2D eigenvalue weighted by molar-refractivity contribution is 5.98. The molecule has 3 amide bonds. The molecule has 3 atom stereocenters. The Labute approximate surface area is 240 Å². The molecule has 3 saturated heterocycles. The molecule has 3 aromatic rings. The number of methoxy groups -OCH3 is 1. The maximum absolute atomic E-state index is 14.2. The smallest absolute Gasteiger partial charge is 0.250 e. The van der Waals surface area contributed by atoms with Crippen molar-refractivity contribution in [2.75, 3.05) is 57.8 Å². The first-order valence-corrected chi connectivity index (χ1v) is 14.2. The topological polar surface area (TPSA) is 85.4 Å². The third-order valence-corrected chi connectivity index (χ3v) is 8.41. The van der Waals surface area contributed by atoms with Crippen LogP contribution in [0.2, 0.25) is 0 Å². The summed E-state index contributed by atoms with van der Waals surface area (Å²) in [4.78, 5) is 49.0. The van der Waals surface area contributed by atoms with Gasteiger partial charge in [0.25, 0.3) is 5.91 Å². The highest BCUT2D eigenvalue weighted by Crippen LogP contribution is 2.31. The monoisotopic (exact) mass is 553 g/mol. The third-order valence-electron chi connectivity index (χ3n) is 8.41. The van der Waals surface area contributed by atoms with E-state index in [1.165, 1.54) is 0 Å². The summed E-state index contributed by atoms with van der Waals surface area (Å²) in [5, 5.41) is 2.93. The van der Waals surface area contributed by atoms with Crippen molar-refractivity contribution in [2.45, 2.75) is 18.1 Å². The zero-order chi connectivity index (χ0) is 28.3. The molecule has 41 heavy (non-hydrogen) atoms. The second-order valence-electron chi connectivity index (χ2n) is 10.7. The standard InChI is InChI=1S/C32H35N5O4/c1-41-26-14-12-24(13-15-26)29(32(40)35-18-16-34(17-19-35)25-10-6-3-7-11-25)36-20-21-37-27(22-36)30(38)33-28(31(37)39)23-8-4-2-5-9-23/h2-15,27-29H,16-22H2,1H3,(H,33,38)/t27-,28?,29?/m1/s1. The van der Waals surface area contributed by atoms with Gasteiger partial charge in [-0.3, -0.25) is 19.3 Å². The van der Waals surface area contributed by atoms with Crippen molar-refractivity contribution in [3.8, 4) is 5.75 Å². The Balaban J connectivity index is 1.21. The molecule has 3 aliphatic heterocycles. The van der Waals surface area contributed by atoms with E-state index in [2.05, 4.69) is 27.2 Å². The number of carbonyl (C=O) groups excluding carboxylic acids is 3. The Morgan fingerprint density at radius 3 is 2.15 bits per heavy atom. The largest absolute Gasteiger partial charge is 0.497 e. The van der Waals surface area contributed by atoms with Crippen LogP contribution in [-0.2, 0) is 14.4 Å². The number of ether oxygens (including phenoxy) is 1. The second-order valence-corrected chi connectivity index (χ2v) is 10.7. The number of carbonyl (C=O) groups is 3. The fourth-order valence-electron chi connectivity index (χ4n) is 6.16. The molecule has 1 N–H and O–H groups in total. The third kappa shape index (κ3) is 5.37. The number of rotatable bonds is 6. The number of nitrogens with one attached hydrogen (secondary N) is 1. The molecule has 0 aliphatic carbocycles. The van der Waals surface area contributed by atoms with Gasteiger partial charge < -0.3 is 24.8 Å². The summed E-state index contributed by atoms with van der Waals surface area (Å²) in [6, 6.07) is 25.2. The molecule has 0 saturated carbocycles. The van der Waals surface area contributed by atoms with Crippen molar-refractivity contribution < 1.29 is 19.1 Å². The highest BCUT2D eigenvalue weighted by atomic mass is 16.5. The maximum Gasteiger partial charge on any atom is 0.250 e. The van der Waals surface area contributed by atoms with E-state index in [1.807, 2.05) is 77.7 Å². The number of amides is 3. The van der Waals surface area contributed by atoms with Crippen LogP contribution in [0.15, 0.2) is 84.9 Å². The van der Waals surface area contributed by atoms with Crippen LogP contribution < -0.4 is 15.0 Å². The van der Waals surface area contributed by atoms with Crippen LogP contribution in [0.25, 0.3) is 0 Å². The van der Waals surface area contributed by atoms with E-state index in [0.717, 1.165) is 29.9 Å². The number of hydrogen-bond acceptors (Lipinski definition) is 6. The van der Waals surface area contributed by atoms with Crippen LogP contribution in [0.3, 0.4) is 0 Å². The molecule has 212 valence electrons. The first kappa shape index (κ1) is 26.8.